The largest absolute Gasteiger partial charge is 0.383 e. The summed E-state index contributed by atoms with van der Waals surface area (Å²) >= 11 is 0. The summed E-state index contributed by atoms with van der Waals surface area (Å²) in [6.45, 7) is 1.15. The van der Waals surface area contributed by atoms with E-state index in [0.29, 0.717) is 19.7 Å². The van der Waals surface area contributed by atoms with Crippen LogP contribution in [0.15, 0.2) is 77.6 Å². The van der Waals surface area contributed by atoms with Crippen LogP contribution in [-0.4, -0.2) is 35.9 Å². The van der Waals surface area contributed by atoms with E-state index in [1.165, 1.54) is 27.9 Å². The van der Waals surface area contributed by atoms with Crippen LogP contribution in [0.3, 0.4) is 0 Å². The van der Waals surface area contributed by atoms with Gasteiger partial charge in [0.25, 0.3) is 11.5 Å². The number of aromatic nitrogens is 2. The lowest BCUT2D eigenvalue weighted by Crippen LogP contribution is -2.31. The van der Waals surface area contributed by atoms with E-state index in [1.54, 1.807) is 7.11 Å². The lowest BCUT2D eigenvalue weighted by molar-refractivity contribution is 0.0944. The molecule has 6 nitrogen and oxygen atoms in total. The maximum atomic E-state index is 12.5. The second kappa shape index (κ2) is 10.3. The fraction of sp³-hybridized carbons (Fsp3) is 0.261. The summed E-state index contributed by atoms with van der Waals surface area (Å²) in [6, 6.07) is 23.3. The highest BCUT2D eigenvalue weighted by Gasteiger charge is 2.15. The zero-order valence-corrected chi connectivity index (χ0v) is 16.5. The van der Waals surface area contributed by atoms with Gasteiger partial charge in [-0.25, -0.2) is 4.68 Å². The quantitative estimate of drug-likeness (QED) is 0.609. The summed E-state index contributed by atoms with van der Waals surface area (Å²) in [5, 5.41) is 7.06. The number of amides is 1. The van der Waals surface area contributed by atoms with Gasteiger partial charge in [0, 0.05) is 25.6 Å². The molecule has 150 valence electrons. The molecular formula is C23H25N3O3. The van der Waals surface area contributed by atoms with Crippen molar-refractivity contribution in [2.45, 2.75) is 18.9 Å². The molecule has 0 unspecified atom stereocenters. The van der Waals surface area contributed by atoms with Gasteiger partial charge in [-0.3, -0.25) is 9.59 Å². The number of hydrogen-bond donors (Lipinski definition) is 1. The minimum Gasteiger partial charge on any atom is -0.383 e. The van der Waals surface area contributed by atoms with E-state index in [1.807, 2.05) is 36.4 Å². The molecule has 0 radical (unpaired) electrons. The number of hydrogen-bond acceptors (Lipinski definition) is 4. The molecule has 3 rings (SSSR count). The van der Waals surface area contributed by atoms with E-state index >= 15 is 0 Å². The van der Waals surface area contributed by atoms with E-state index in [9.17, 15) is 9.59 Å². The Kier molecular flexibility index (Phi) is 7.30. The van der Waals surface area contributed by atoms with Crippen LogP contribution in [0.4, 0.5) is 0 Å². The van der Waals surface area contributed by atoms with Gasteiger partial charge in [-0.2, -0.15) is 5.10 Å². The molecular weight excluding hydrogens is 366 g/mol. The zero-order chi connectivity index (χ0) is 20.5. The van der Waals surface area contributed by atoms with Crippen molar-refractivity contribution in [2.75, 3.05) is 20.3 Å². The number of nitrogens with one attached hydrogen (secondary N) is 1. The molecule has 0 saturated carbocycles. The van der Waals surface area contributed by atoms with Crippen molar-refractivity contribution in [3.05, 3.63) is 100.0 Å². The molecule has 1 aromatic heterocycles. The van der Waals surface area contributed by atoms with Crippen LogP contribution in [0, 0.1) is 0 Å². The Morgan fingerprint density at radius 1 is 1.00 bits per heavy atom. The first-order valence-electron chi connectivity index (χ1n) is 9.64. The van der Waals surface area contributed by atoms with Gasteiger partial charge in [0.2, 0.25) is 0 Å². The Morgan fingerprint density at radius 3 is 2.21 bits per heavy atom. The van der Waals surface area contributed by atoms with Gasteiger partial charge in [-0.1, -0.05) is 60.7 Å². The Bertz CT molecular complexity index is 932. The molecule has 0 bridgehead atoms. The highest BCUT2D eigenvalue weighted by molar-refractivity contribution is 5.91. The van der Waals surface area contributed by atoms with Crippen molar-refractivity contribution in [3.63, 3.8) is 0 Å². The highest BCUT2D eigenvalue weighted by Crippen LogP contribution is 2.27. The highest BCUT2D eigenvalue weighted by atomic mass is 16.5. The van der Waals surface area contributed by atoms with Crippen LogP contribution in [0.5, 0.6) is 0 Å². The molecule has 29 heavy (non-hydrogen) atoms. The Labute approximate surface area is 170 Å². The summed E-state index contributed by atoms with van der Waals surface area (Å²) in [7, 11) is 1.55. The summed E-state index contributed by atoms with van der Waals surface area (Å²) in [5.41, 5.74) is 2.38. The van der Waals surface area contributed by atoms with Gasteiger partial charge in [0.05, 0.1) is 13.2 Å². The lowest BCUT2D eigenvalue weighted by Gasteiger charge is -2.18. The van der Waals surface area contributed by atoms with Gasteiger partial charge in [0.1, 0.15) is 5.69 Å². The number of benzene rings is 2. The summed E-state index contributed by atoms with van der Waals surface area (Å²) in [5.74, 6) is -0.114. The smallest absolute Gasteiger partial charge is 0.271 e. The molecule has 1 heterocycles. The molecule has 1 N–H and O–H groups in total. The standard InChI is InChI=1S/C23H25N3O3/c1-29-17-16-26-22(27)13-12-21(25-26)23(28)24-15-14-20(18-8-4-2-5-9-18)19-10-6-3-7-11-19/h2-13,20H,14-17H2,1H3,(H,24,28). The topological polar surface area (TPSA) is 73.2 Å². The third-order valence-corrected chi connectivity index (χ3v) is 4.73. The molecule has 2 aromatic carbocycles. The van der Waals surface area contributed by atoms with E-state index in [2.05, 4.69) is 34.7 Å². The van der Waals surface area contributed by atoms with Crippen LogP contribution in [-0.2, 0) is 11.3 Å². The normalized spacial score (nSPS) is 10.8. The summed E-state index contributed by atoms with van der Waals surface area (Å²) in [4.78, 5) is 24.3. The molecule has 0 saturated heterocycles. The summed E-state index contributed by atoms with van der Waals surface area (Å²) in [6.07, 6.45) is 0.753. The Balaban J connectivity index is 1.67. The maximum absolute atomic E-state index is 12.5. The molecule has 1 amide bonds. The molecule has 0 fully saturated rings. The molecule has 0 aliphatic rings. The molecule has 3 aromatic rings. The molecule has 6 heteroatoms. The van der Waals surface area contributed by atoms with Crippen molar-refractivity contribution >= 4 is 5.91 Å². The van der Waals surface area contributed by atoms with Crippen molar-refractivity contribution in [1.82, 2.24) is 15.1 Å². The van der Waals surface area contributed by atoms with E-state index < -0.39 is 0 Å². The van der Waals surface area contributed by atoms with Crippen molar-refractivity contribution in [3.8, 4) is 0 Å². The number of nitrogens with zero attached hydrogens (tertiary/aromatic N) is 2. The van der Waals surface area contributed by atoms with Crippen molar-refractivity contribution in [1.29, 1.82) is 0 Å². The monoisotopic (exact) mass is 391 g/mol. The molecule has 0 aliphatic heterocycles. The minimum atomic E-state index is -0.295. The third kappa shape index (κ3) is 5.62. The van der Waals surface area contributed by atoms with Gasteiger partial charge in [-0.15, -0.1) is 0 Å². The van der Waals surface area contributed by atoms with E-state index in [0.717, 1.165) is 6.42 Å². The number of rotatable bonds is 9. The first-order chi connectivity index (χ1) is 14.2. The number of carbonyl (C=O) groups excluding carboxylic acids is 1. The summed E-state index contributed by atoms with van der Waals surface area (Å²) < 4.78 is 6.22. The van der Waals surface area contributed by atoms with Crippen molar-refractivity contribution in [2.24, 2.45) is 0 Å². The van der Waals surface area contributed by atoms with Crippen molar-refractivity contribution < 1.29 is 9.53 Å². The van der Waals surface area contributed by atoms with Gasteiger partial charge >= 0.3 is 0 Å². The average Bonchev–Trinajstić information content (AvgIpc) is 2.77. The van der Waals surface area contributed by atoms with Crippen LogP contribution in [0.2, 0.25) is 0 Å². The number of methoxy groups -OCH3 is 1. The second-order valence-corrected chi connectivity index (χ2v) is 6.69. The number of carbonyl (C=O) groups is 1. The van der Waals surface area contributed by atoms with Crippen LogP contribution in [0.1, 0.15) is 34.0 Å². The fourth-order valence-corrected chi connectivity index (χ4v) is 3.23. The van der Waals surface area contributed by atoms with Gasteiger partial charge in [-0.05, 0) is 23.6 Å². The van der Waals surface area contributed by atoms with Gasteiger partial charge < -0.3 is 10.1 Å². The third-order valence-electron chi connectivity index (χ3n) is 4.73. The first kappa shape index (κ1) is 20.5. The molecule has 0 atom stereocenters. The van der Waals surface area contributed by atoms with Crippen LogP contribution < -0.4 is 10.9 Å². The lowest BCUT2D eigenvalue weighted by atomic mass is 9.88. The van der Waals surface area contributed by atoms with E-state index in [-0.39, 0.29) is 23.1 Å². The molecule has 0 aliphatic carbocycles. The van der Waals surface area contributed by atoms with Crippen LogP contribution in [0.25, 0.3) is 0 Å². The van der Waals surface area contributed by atoms with Gasteiger partial charge in [0.15, 0.2) is 0 Å². The Morgan fingerprint density at radius 2 is 1.62 bits per heavy atom. The Hall–Kier alpha value is -3.25. The predicted molar refractivity (Wildman–Crippen MR) is 112 cm³/mol. The molecule has 0 spiro atoms. The SMILES string of the molecule is COCCn1nc(C(=O)NCCC(c2ccccc2)c2ccccc2)ccc1=O. The fourth-order valence-electron chi connectivity index (χ4n) is 3.23. The maximum Gasteiger partial charge on any atom is 0.271 e. The minimum absolute atomic E-state index is 0.182. The first-order valence-corrected chi connectivity index (χ1v) is 9.64. The average molecular weight is 391 g/mol. The number of ether oxygens (including phenoxy) is 1. The zero-order valence-electron chi connectivity index (χ0n) is 16.5. The predicted octanol–water partition coefficient (Wildman–Crippen LogP) is 2.84. The van der Waals surface area contributed by atoms with Crippen LogP contribution >= 0.6 is 0 Å². The second-order valence-electron chi connectivity index (χ2n) is 6.69. The van der Waals surface area contributed by atoms with E-state index in [4.69, 9.17) is 4.74 Å².